The van der Waals surface area contributed by atoms with E-state index in [4.69, 9.17) is 24.1 Å². The van der Waals surface area contributed by atoms with Crippen LogP contribution in [0.25, 0.3) is 0 Å². The lowest BCUT2D eigenvalue weighted by Crippen LogP contribution is -2.50. The Balaban J connectivity index is 1.29. The fraction of sp³-hybridized carbons (Fsp3) is 0.533. The summed E-state index contributed by atoms with van der Waals surface area (Å²) < 4.78 is 24.9. The largest absolute Gasteiger partial charge is 0.481 e. The molecular weight excluding hydrogens is 516 g/mol. The highest BCUT2D eigenvalue weighted by atomic mass is 16.7. The fourth-order valence-electron chi connectivity index (χ4n) is 5.61. The van der Waals surface area contributed by atoms with Crippen molar-refractivity contribution in [2.24, 2.45) is 5.92 Å². The lowest BCUT2D eigenvalue weighted by atomic mass is 9.89. The predicted octanol–water partition coefficient (Wildman–Crippen LogP) is 3.61. The summed E-state index contributed by atoms with van der Waals surface area (Å²) in [6, 6.07) is 15.1. The molecule has 0 aromatic heterocycles. The molecule has 1 amide bonds. The minimum Gasteiger partial charge on any atom is -0.481 e. The number of amides is 1. The Kier molecular flexibility index (Phi) is 9.14. The van der Waals surface area contributed by atoms with Crippen LogP contribution in [0.3, 0.4) is 0 Å². The molecule has 3 aliphatic heterocycles. The summed E-state index contributed by atoms with van der Waals surface area (Å²) in [6.45, 7) is 5.93. The molecule has 10 heteroatoms. The first-order valence-electron chi connectivity index (χ1n) is 14.0. The third-order valence-corrected chi connectivity index (χ3v) is 8.03. The van der Waals surface area contributed by atoms with Crippen LogP contribution in [0.2, 0.25) is 0 Å². The molecule has 3 aliphatic rings. The predicted molar refractivity (Wildman–Crippen MR) is 145 cm³/mol. The van der Waals surface area contributed by atoms with Gasteiger partial charge < -0.3 is 39.4 Å². The molecule has 3 heterocycles. The topological polar surface area (TPSA) is 127 Å². The molecule has 0 bridgehead atoms. The van der Waals surface area contributed by atoms with Crippen molar-refractivity contribution in [2.75, 3.05) is 38.2 Å². The Morgan fingerprint density at radius 1 is 0.950 bits per heavy atom. The van der Waals surface area contributed by atoms with Crippen molar-refractivity contribution in [3.63, 3.8) is 0 Å². The smallest absolute Gasteiger partial charge is 0.303 e. The zero-order valence-corrected chi connectivity index (χ0v) is 22.8. The van der Waals surface area contributed by atoms with Crippen LogP contribution in [0.4, 0.5) is 5.69 Å². The third kappa shape index (κ3) is 6.88. The molecule has 2 aromatic carbocycles. The van der Waals surface area contributed by atoms with Crippen LogP contribution in [0.1, 0.15) is 61.7 Å². The van der Waals surface area contributed by atoms with Gasteiger partial charge >= 0.3 is 5.97 Å². The first kappa shape index (κ1) is 28.7. The SMILES string of the molecule is CC1C(CN2CCC3(CC2)OCCO3)OC(c2ccc(NC(=O)CCC(=O)O)cc2)OC1c1ccc(CO)cc1. The highest BCUT2D eigenvalue weighted by Gasteiger charge is 2.43. The maximum Gasteiger partial charge on any atom is 0.303 e. The number of likely N-dealkylation sites (tertiary alicyclic amines) is 1. The summed E-state index contributed by atoms with van der Waals surface area (Å²) in [5.74, 6) is -1.72. The van der Waals surface area contributed by atoms with E-state index in [-0.39, 0.29) is 43.5 Å². The maximum absolute atomic E-state index is 12.0. The number of ether oxygens (including phenoxy) is 4. The number of piperidine rings is 1. The van der Waals surface area contributed by atoms with Gasteiger partial charge in [-0.05, 0) is 23.3 Å². The van der Waals surface area contributed by atoms with E-state index in [9.17, 15) is 14.7 Å². The molecule has 0 saturated carbocycles. The maximum atomic E-state index is 12.0. The molecule has 4 atom stereocenters. The zero-order chi connectivity index (χ0) is 28.1. The minimum absolute atomic E-state index is 0.0151. The summed E-state index contributed by atoms with van der Waals surface area (Å²) in [5.41, 5.74) is 3.27. The molecule has 5 rings (SSSR count). The van der Waals surface area contributed by atoms with Crippen LogP contribution in [0.5, 0.6) is 0 Å². The molecule has 2 aromatic rings. The summed E-state index contributed by atoms with van der Waals surface area (Å²) >= 11 is 0. The van der Waals surface area contributed by atoms with Crippen molar-refractivity contribution in [1.82, 2.24) is 4.90 Å². The quantitative estimate of drug-likeness (QED) is 0.426. The number of rotatable bonds is 9. The van der Waals surface area contributed by atoms with E-state index < -0.39 is 18.0 Å². The molecule has 4 unspecified atom stereocenters. The number of anilines is 1. The molecule has 40 heavy (non-hydrogen) atoms. The second-order valence-electron chi connectivity index (χ2n) is 10.8. The Morgan fingerprint density at radius 2 is 1.60 bits per heavy atom. The van der Waals surface area contributed by atoms with E-state index in [0.717, 1.165) is 49.2 Å². The van der Waals surface area contributed by atoms with Crippen molar-refractivity contribution < 1.29 is 38.7 Å². The lowest BCUT2D eigenvalue weighted by molar-refractivity contribution is -0.278. The van der Waals surface area contributed by atoms with Crippen LogP contribution in [0, 0.1) is 5.92 Å². The summed E-state index contributed by atoms with van der Waals surface area (Å²) in [7, 11) is 0. The Labute approximate surface area is 234 Å². The number of nitrogens with one attached hydrogen (secondary N) is 1. The van der Waals surface area contributed by atoms with Gasteiger partial charge in [0.2, 0.25) is 5.91 Å². The van der Waals surface area contributed by atoms with E-state index in [2.05, 4.69) is 17.1 Å². The van der Waals surface area contributed by atoms with Crippen LogP contribution < -0.4 is 5.32 Å². The second kappa shape index (κ2) is 12.8. The van der Waals surface area contributed by atoms with E-state index in [0.29, 0.717) is 18.9 Å². The van der Waals surface area contributed by atoms with E-state index in [1.165, 1.54) is 0 Å². The van der Waals surface area contributed by atoms with Gasteiger partial charge in [-0.25, -0.2) is 0 Å². The monoisotopic (exact) mass is 554 g/mol. The zero-order valence-electron chi connectivity index (χ0n) is 22.8. The first-order valence-corrected chi connectivity index (χ1v) is 14.0. The van der Waals surface area contributed by atoms with E-state index in [1.807, 2.05) is 36.4 Å². The molecule has 0 radical (unpaired) electrons. The summed E-state index contributed by atoms with van der Waals surface area (Å²) in [4.78, 5) is 25.2. The van der Waals surface area contributed by atoms with Crippen LogP contribution in [0.15, 0.2) is 48.5 Å². The van der Waals surface area contributed by atoms with Gasteiger partial charge in [0.25, 0.3) is 0 Å². The van der Waals surface area contributed by atoms with Crippen molar-refractivity contribution in [3.05, 3.63) is 65.2 Å². The molecule has 3 fully saturated rings. The van der Waals surface area contributed by atoms with Crippen LogP contribution in [-0.2, 0) is 35.1 Å². The average molecular weight is 555 g/mol. The molecular formula is C30H38N2O8. The molecule has 0 aliphatic carbocycles. The van der Waals surface area contributed by atoms with Crippen molar-refractivity contribution >= 4 is 17.6 Å². The van der Waals surface area contributed by atoms with Gasteiger partial charge in [-0.1, -0.05) is 43.3 Å². The van der Waals surface area contributed by atoms with Crippen molar-refractivity contribution in [3.8, 4) is 0 Å². The normalized spacial score (nSPS) is 26.6. The van der Waals surface area contributed by atoms with Gasteiger partial charge in [0, 0.05) is 56.1 Å². The number of aliphatic carboxylic acids is 1. The third-order valence-electron chi connectivity index (χ3n) is 8.03. The number of hydrogen-bond donors (Lipinski definition) is 3. The van der Waals surface area contributed by atoms with Crippen molar-refractivity contribution in [1.29, 1.82) is 0 Å². The van der Waals surface area contributed by atoms with Gasteiger partial charge in [0.05, 0.1) is 38.4 Å². The molecule has 3 saturated heterocycles. The number of aliphatic hydroxyl groups is 1. The van der Waals surface area contributed by atoms with Crippen LogP contribution in [-0.4, -0.2) is 71.7 Å². The van der Waals surface area contributed by atoms with Crippen molar-refractivity contribution in [2.45, 2.75) is 63.5 Å². The first-order chi connectivity index (χ1) is 19.3. The van der Waals surface area contributed by atoms with Gasteiger partial charge in [-0.3, -0.25) is 9.59 Å². The number of carbonyl (C=O) groups excluding carboxylic acids is 1. The number of aliphatic hydroxyl groups excluding tert-OH is 1. The Hall–Kier alpha value is -2.86. The number of carbonyl (C=O) groups is 2. The highest BCUT2D eigenvalue weighted by Crippen LogP contribution is 2.42. The van der Waals surface area contributed by atoms with Gasteiger partial charge in [-0.15, -0.1) is 0 Å². The highest BCUT2D eigenvalue weighted by molar-refractivity contribution is 5.92. The average Bonchev–Trinajstić information content (AvgIpc) is 3.43. The Morgan fingerprint density at radius 3 is 2.23 bits per heavy atom. The summed E-state index contributed by atoms with van der Waals surface area (Å²) in [6.07, 6.45) is 0.433. The van der Waals surface area contributed by atoms with Gasteiger partial charge in [0.1, 0.15) is 0 Å². The number of carboxylic acids is 1. The number of hydrogen-bond acceptors (Lipinski definition) is 8. The van der Waals surface area contributed by atoms with Gasteiger partial charge in [0.15, 0.2) is 12.1 Å². The second-order valence-corrected chi connectivity index (χ2v) is 10.8. The molecule has 216 valence electrons. The summed E-state index contributed by atoms with van der Waals surface area (Å²) in [5, 5.41) is 21.0. The number of benzene rings is 2. The van der Waals surface area contributed by atoms with E-state index in [1.54, 1.807) is 12.1 Å². The standard InChI is InChI=1S/C30H38N2O8/c1-20-25(18-32-14-12-30(13-15-32)37-16-17-38-30)39-29(40-28(20)22-4-2-21(19-33)3-5-22)23-6-8-24(9-7-23)31-26(34)10-11-27(35)36/h2-9,20,25,28-29,33H,10-19H2,1H3,(H,31,34)(H,35,36). The van der Waals surface area contributed by atoms with Crippen LogP contribution >= 0.6 is 0 Å². The van der Waals surface area contributed by atoms with E-state index >= 15 is 0 Å². The Bertz CT molecular complexity index is 1140. The van der Waals surface area contributed by atoms with Gasteiger partial charge in [-0.2, -0.15) is 0 Å². The lowest BCUT2D eigenvalue weighted by Gasteiger charge is -2.44. The number of nitrogens with zero attached hydrogens (tertiary/aromatic N) is 1. The molecule has 10 nitrogen and oxygen atoms in total. The fourth-order valence-corrected chi connectivity index (χ4v) is 5.61. The number of carboxylic acid groups (broad SMARTS) is 1. The molecule has 3 N–H and O–H groups in total. The molecule has 1 spiro atoms. The minimum atomic E-state index is -1.01.